The van der Waals surface area contributed by atoms with E-state index in [9.17, 15) is 0 Å². The molecule has 0 atom stereocenters. The lowest BCUT2D eigenvalue weighted by Gasteiger charge is -1.97. The second kappa shape index (κ2) is 18.6. The van der Waals surface area contributed by atoms with Crippen LogP contribution in [-0.2, 0) is 0 Å². The fourth-order valence-corrected chi connectivity index (χ4v) is 2.16. The van der Waals surface area contributed by atoms with Crippen LogP contribution in [0.15, 0.2) is 0 Å². The van der Waals surface area contributed by atoms with E-state index < -0.39 is 0 Å². The molecule has 0 aliphatic rings. The summed E-state index contributed by atoms with van der Waals surface area (Å²) in [5.41, 5.74) is 0. The third kappa shape index (κ3) is 24.5. The van der Waals surface area contributed by atoms with Crippen molar-refractivity contribution in [2.75, 3.05) is 5.88 Å². The normalized spacial score (nSPS) is 10.2. The Morgan fingerprint density at radius 2 is 1.38 bits per heavy atom. The van der Waals surface area contributed by atoms with Crippen LogP contribution < -0.4 is 0 Å². The van der Waals surface area contributed by atoms with Crippen molar-refractivity contribution in [1.29, 1.82) is 0 Å². The Balaban J connectivity index is 0. The first-order valence-corrected chi connectivity index (χ1v) is 9.12. The zero-order valence-electron chi connectivity index (χ0n) is 9.12. The summed E-state index contributed by atoms with van der Waals surface area (Å²) in [6, 6.07) is 1.34. The maximum absolute atomic E-state index is 5.68. The fourth-order valence-electron chi connectivity index (χ4n) is 1.05. The monoisotopic (exact) mass is 242 g/mol. The quantitative estimate of drug-likeness (QED) is 0.270. The van der Waals surface area contributed by atoms with Crippen LogP contribution in [0.2, 0.25) is 6.04 Å². The molecule has 0 unspecified atom stereocenters. The van der Waals surface area contributed by atoms with E-state index in [1.165, 1.54) is 44.6 Å². The second-order valence-electron chi connectivity index (χ2n) is 3.08. The van der Waals surface area contributed by atoms with Crippen LogP contribution in [-0.4, -0.2) is 14.7 Å². The number of hydrogen-bond donors (Lipinski definition) is 0. The van der Waals surface area contributed by atoms with E-state index in [-0.39, 0.29) is 8.83 Å². The number of hydrogen-bond acceptors (Lipinski definition) is 0. The van der Waals surface area contributed by atoms with Gasteiger partial charge in [0.15, 0.2) is 0 Å². The van der Waals surface area contributed by atoms with E-state index in [1.54, 1.807) is 0 Å². The molecule has 0 rings (SSSR count). The first-order valence-electron chi connectivity index (χ1n) is 5.45. The van der Waals surface area contributed by atoms with Crippen LogP contribution in [0.5, 0.6) is 0 Å². The molecule has 0 aliphatic carbocycles. The van der Waals surface area contributed by atoms with Crippen molar-refractivity contribution in [2.24, 2.45) is 0 Å². The Morgan fingerprint density at radius 3 is 1.85 bits per heavy atom. The molecule has 0 fully saturated rings. The molecule has 0 radical (unpaired) electrons. The van der Waals surface area contributed by atoms with E-state index in [0.717, 1.165) is 5.88 Å². The zero-order chi connectivity index (χ0) is 10.4. The SMILES string of the molecule is CCCCCCCC[SiH2]Cl.CCCl. The van der Waals surface area contributed by atoms with Crippen LogP contribution in [0, 0.1) is 0 Å². The van der Waals surface area contributed by atoms with Gasteiger partial charge in [-0.15, -0.1) is 11.6 Å². The Bertz CT molecular complexity index is 61.9. The van der Waals surface area contributed by atoms with Gasteiger partial charge >= 0.3 is 0 Å². The van der Waals surface area contributed by atoms with E-state index in [1.807, 2.05) is 6.92 Å². The summed E-state index contributed by atoms with van der Waals surface area (Å²) in [7, 11) is -0.153. The Hall–Kier alpha value is 0.797. The van der Waals surface area contributed by atoms with Crippen molar-refractivity contribution in [3.63, 3.8) is 0 Å². The highest BCUT2D eigenvalue weighted by atomic mass is 35.6. The third-order valence-corrected chi connectivity index (χ3v) is 3.31. The highest BCUT2D eigenvalue weighted by Gasteiger charge is 1.88. The summed E-state index contributed by atoms with van der Waals surface area (Å²) in [4.78, 5) is 0. The largest absolute Gasteiger partial charge is 0.176 e. The molecule has 0 amide bonds. The lowest BCUT2D eigenvalue weighted by atomic mass is 10.1. The predicted octanol–water partition coefficient (Wildman–Crippen LogP) is 4.33. The molecule has 0 bridgehead atoms. The third-order valence-electron chi connectivity index (χ3n) is 1.74. The average Bonchev–Trinajstić information content (AvgIpc) is 2.13. The number of halogens is 2. The molecule has 0 spiro atoms. The van der Waals surface area contributed by atoms with E-state index in [2.05, 4.69) is 6.92 Å². The van der Waals surface area contributed by atoms with Gasteiger partial charge in [-0.25, -0.2) is 0 Å². The molecular weight excluding hydrogens is 219 g/mol. The highest BCUT2D eigenvalue weighted by molar-refractivity contribution is 6.93. The van der Waals surface area contributed by atoms with Gasteiger partial charge in [-0.1, -0.05) is 52.4 Å². The van der Waals surface area contributed by atoms with Crippen molar-refractivity contribution in [2.45, 2.75) is 58.4 Å². The first kappa shape index (κ1) is 16.2. The average molecular weight is 243 g/mol. The zero-order valence-corrected chi connectivity index (χ0v) is 12.0. The number of alkyl halides is 1. The topological polar surface area (TPSA) is 0 Å². The first-order chi connectivity index (χ1) is 6.33. The molecule has 82 valence electrons. The van der Waals surface area contributed by atoms with Crippen LogP contribution >= 0.6 is 22.7 Å². The van der Waals surface area contributed by atoms with Crippen LogP contribution in [0.3, 0.4) is 0 Å². The van der Waals surface area contributed by atoms with Gasteiger partial charge in [0.25, 0.3) is 0 Å². The second-order valence-corrected chi connectivity index (χ2v) is 5.83. The Morgan fingerprint density at radius 1 is 0.923 bits per heavy atom. The molecule has 0 N–H and O–H groups in total. The van der Waals surface area contributed by atoms with E-state index in [4.69, 9.17) is 22.7 Å². The lowest BCUT2D eigenvalue weighted by molar-refractivity contribution is 0.624. The summed E-state index contributed by atoms with van der Waals surface area (Å²) in [6.07, 6.45) is 8.43. The molecule has 0 saturated heterocycles. The van der Waals surface area contributed by atoms with Crippen LogP contribution in [0.25, 0.3) is 0 Å². The molecule has 13 heavy (non-hydrogen) atoms. The van der Waals surface area contributed by atoms with E-state index >= 15 is 0 Å². The summed E-state index contributed by atoms with van der Waals surface area (Å²) in [5.74, 6) is 0.722. The minimum absolute atomic E-state index is 0.153. The minimum atomic E-state index is -0.153. The summed E-state index contributed by atoms with van der Waals surface area (Å²) >= 11 is 10.7. The standard InChI is InChI=1S/C8H19ClSi.C2H5Cl/c1-2-3-4-5-6-7-8-10-9;1-2-3/h2-8,10H2,1H3;2H2,1H3. The number of unbranched alkanes of at least 4 members (excludes halogenated alkanes) is 5. The molecule has 0 aromatic rings. The van der Waals surface area contributed by atoms with Crippen molar-refractivity contribution < 1.29 is 0 Å². The van der Waals surface area contributed by atoms with Crippen molar-refractivity contribution in [3.05, 3.63) is 0 Å². The maximum Gasteiger partial charge on any atom is 0.125 e. The van der Waals surface area contributed by atoms with Gasteiger partial charge in [-0.05, 0) is 6.04 Å². The van der Waals surface area contributed by atoms with Gasteiger partial charge in [0.1, 0.15) is 8.83 Å². The summed E-state index contributed by atoms with van der Waals surface area (Å²) < 4.78 is 0. The molecule has 0 saturated carbocycles. The van der Waals surface area contributed by atoms with Gasteiger partial charge in [0, 0.05) is 5.88 Å². The lowest BCUT2D eigenvalue weighted by Crippen LogP contribution is -1.80. The van der Waals surface area contributed by atoms with Gasteiger partial charge in [-0.2, -0.15) is 11.1 Å². The maximum atomic E-state index is 5.68. The van der Waals surface area contributed by atoms with Crippen LogP contribution in [0.4, 0.5) is 0 Å². The highest BCUT2D eigenvalue weighted by Crippen LogP contribution is 2.06. The predicted molar refractivity (Wildman–Crippen MR) is 69.0 cm³/mol. The molecule has 3 heteroatoms. The van der Waals surface area contributed by atoms with Gasteiger partial charge in [0.05, 0.1) is 0 Å². The Labute approximate surface area is 95.9 Å². The molecule has 0 aliphatic heterocycles. The minimum Gasteiger partial charge on any atom is -0.176 e. The van der Waals surface area contributed by atoms with Gasteiger partial charge < -0.3 is 0 Å². The van der Waals surface area contributed by atoms with E-state index in [0.29, 0.717) is 0 Å². The molecular formula is C10H24Cl2Si. The molecule has 0 aromatic heterocycles. The van der Waals surface area contributed by atoms with Crippen LogP contribution in [0.1, 0.15) is 52.4 Å². The van der Waals surface area contributed by atoms with Crippen molar-refractivity contribution in [3.8, 4) is 0 Å². The molecule has 0 nitrogen and oxygen atoms in total. The Kier molecular flexibility index (Phi) is 23.2. The van der Waals surface area contributed by atoms with Crippen molar-refractivity contribution in [1.82, 2.24) is 0 Å². The molecule has 0 heterocycles. The van der Waals surface area contributed by atoms with Gasteiger partial charge in [-0.3, -0.25) is 0 Å². The molecule has 0 aromatic carbocycles. The van der Waals surface area contributed by atoms with Crippen molar-refractivity contribution >= 4 is 31.5 Å². The fraction of sp³-hybridized carbons (Fsp3) is 1.00. The number of rotatable bonds is 7. The van der Waals surface area contributed by atoms with Gasteiger partial charge in [0.2, 0.25) is 0 Å². The smallest absolute Gasteiger partial charge is 0.125 e. The summed E-state index contributed by atoms with van der Waals surface area (Å²) in [5, 5.41) is 0. The summed E-state index contributed by atoms with van der Waals surface area (Å²) in [6.45, 7) is 4.15.